The third-order valence-corrected chi connectivity index (χ3v) is 13.4. The van der Waals surface area contributed by atoms with E-state index < -0.39 is 36.3 Å². The van der Waals surface area contributed by atoms with Crippen LogP contribution in [0.15, 0.2) is 42.5 Å². The molecule has 0 radical (unpaired) electrons. The number of hydrogen-bond acceptors (Lipinski definition) is 6. The van der Waals surface area contributed by atoms with Gasteiger partial charge in [-0.15, -0.1) is 0 Å². The monoisotopic (exact) mass is 578 g/mol. The van der Waals surface area contributed by atoms with Crippen molar-refractivity contribution in [3.63, 3.8) is 0 Å². The molecule has 42 heavy (non-hydrogen) atoms. The van der Waals surface area contributed by atoms with Gasteiger partial charge in [0.25, 0.3) is 0 Å². The maximum atomic E-state index is 12.7. The summed E-state index contributed by atoms with van der Waals surface area (Å²) in [5.41, 5.74) is 0.853. The van der Waals surface area contributed by atoms with E-state index in [1.807, 2.05) is 0 Å². The summed E-state index contributed by atoms with van der Waals surface area (Å²) in [6.07, 6.45) is 5.49. The van der Waals surface area contributed by atoms with E-state index in [0.717, 1.165) is 51.4 Å². The van der Waals surface area contributed by atoms with E-state index in [0.29, 0.717) is 23.7 Å². The van der Waals surface area contributed by atoms with Crippen molar-refractivity contribution < 1.29 is 29.5 Å². The fraction of sp³-hybridized carbons (Fsp3) is 0.722. The molecular formula is C36H50O6. The lowest BCUT2D eigenvalue weighted by Gasteiger charge is -2.64. The first-order chi connectivity index (χ1) is 20.1. The number of ether oxygens (including phenoxy) is 3. The molecule has 2 aromatic carbocycles. The second-order valence-corrected chi connectivity index (χ2v) is 15.0. The van der Waals surface area contributed by atoms with Crippen LogP contribution < -0.4 is 0 Å². The van der Waals surface area contributed by atoms with Crippen molar-refractivity contribution >= 4 is 10.8 Å². The number of aliphatic hydroxyl groups is 3. The predicted molar refractivity (Wildman–Crippen MR) is 162 cm³/mol. The fourth-order valence-corrected chi connectivity index (χ4v) is 10.8. The molecular weight excluding hydrogens is 528 g/mol. The Morgan fingerprint density at radius 3 is 2.43 bits per heavy atom. The lowest BCUT2D eigenvalue weighted by atomic mass is 9.43. The molecule has 1 aliphatic heterocycles. The van der Waals surface area contributed by atoms with Crippen LogP contribution in [0.25, 0.3) is 10.8 Å². The summed E-state index contributed by atoms with van der Waals surface area (Å²) in [7, 11) is 1.51. The van der Waals surface area contributed by atoms with Gasteiger partial charge in [0.1, 0.15) is 18.3 Å². The molecule has 4 aliphatic carbocycles. The van der Waals surface area contributed by atoms with Crippen molar-refractivity contribution in [1.29, 1.82) is 0 Å². The summed E-state index contributed by atoms with van der Waals surface area (Å²) in [5.74, 6) is 1.79. The number of rotatable bonds is 4. The molecule has 1 heterocycles. The minimum Gasteiger partial charge on any atom is -0.389 e. The van der Waals surface area contributed by atoms with Crippen molar-refractivity contribution in [3.8, 4) is 0 Å². The highest BCUT2D eigenvalue weighted by Crippen LogP contribution is 2.70. The number of aliphatic hydroxyl groups excluding tert-OH is 2. The van der Waals surface area contributed by atoms with Gasteiger partial charge in [0.05, 0.1) is 17.8 Å². The van der Waals surface area contributed by atoms with Gasteiger partial charge in [-0.2, -0.15) is 0 Å². The lowest BCUT2D eigenvalue weighted by Crippen LogP contribution is -2.62. The van der Waals surface area contributed by atoms with Gasteiger partial charge < -0.3 is 29.5 Å². The third kappa shape index (κ3) is 4.27. The Morgan fingerprint density at radius 1 is 0.857 bits per heavy atom. The third-order valence-electron chi connectivity index (χ3n) is 13.4. The molecule has 0 bridgehead atoms. The molecule has 2 aromatic rings. The molecule has 6 heteroatoms. The largest absolute Gasteiger partial charge is 0.389 e. The quantitative estimate of drug-likeness (QED) is 0.389. The highest BCUT2D eigenvalue weighted by molar-refractivity contribution is 5.83. The number of benzene rings is 2. The predicted octanol–water partition coefficient (Wildman–Crippen LogP) is 5.95. The molecule has 0 spiro atoms. The Morgan fingerprint density at radius 2 is 1.64 bits per heavy atom. The van der Waals surface area contributed by atoms with Gasteiger partial charge in [0.2, 0.25) is 0 Å². The van der Waals surface area contributed by atoms with E-state index in [2.05, 4.69) is 56.3 Å². The van der Waals surface area contributed by atoms with E-state index in [4.69, 9.17) is 14.2 Å². The Kier molecular flexibility index (Phi) is 7.32. The Labute approximate surface area is 250 Å². The summed E-state index contributed by atoms with van der Waals surface area (Å²) in [4.78, 5) is 0. The van der Waals surface area contributed by atoms with E-state index in [1.165, 1.54) is 29.9 Å². The second kappa shape index (κ2) is 10.5. The molecule has 3 unspecified atom stereocenters. The maximum Gasteiger partial charge on any atom is 0.186 e. The van der Waals surface area contributed by atoms with E-state index in [9.17, 15) is 15.3 Å². The van der Waals surface area contributed by atoms with Crippen molar-refractivity contribution in [2.75, 3.05) is 7.11 Å². The standard InChI is InChI=1S/C36H50O6/c1-21-30(37)32(40-4)31(38)33(41-21)42-26-13-16-34(2)25(20-26)11-12-29-28(34)14-17-35(3)27(15-18-36(29,35)39)24-10-9-22-7-5-6-8-23(22)19-24/h5-10,19,21,25-33,37-39H,11-18,20H2,1-4H3/t21-,25?,26?,27?,28-,29-,30-,31-,32+,33+,34+,35-,36-/m1/s1. The molecule has 5 aliphatic rings. The summed E-state index contributed by atoms with van der Waals surface area (Å²) in [5, 5.41) is 36.5. The van der Waals surface area contributed by atoms with Crippen molar-refractivity contribution in [2.45, 2.75) is 127 Å². The van der Waals surface area contributed by atoms with Crippen molar-refractivity contribution in [2.24, 2.45) is 28.6 Å². The van der Waals surface area contributed by atoms with E-state index in [-0.39, 0.29) is 16.9 Å². The summed E-state index contributed by atoms with van der Waals surface area (Å²) < 4.78 is 17.7. The highest BCUT2D eigenvalue weighted by atomic mass is 16.7. The topological polar surface area (TPSA) is 88.4 Å². The van der Waals surface area contributed by atoms with Gasteiger partial charge >= 0.3 is 0 Å². The van der Waals surface area contributed by atoms with Crippen LogP contribution in [0.4, 0.5) is 0 Å². The van der Waals surface area contributed by atoms with Crippen LogP contribution in [0, 0.1) is 28.6 Å². The molecule has 0 aromatic heterocycles. The molecule has 0 amide bonds. The highest BCUT2D eigenvalue weighted by Gasteiger charge is 2.67. The zero-order chi connectivity index (χ0) is 29.4. The van der Waals surface area contributed by atoms with Crippen LogP contribution in [0.3, 0.4) is 0 Å². The summed E-state index contributed by atoms with van der Waals surface area (Å²) in [6.45, 7) is 6.70. The second-order valence-electron chi connectivity index (χ2n) is 15.0. The van der Waals surface area contributed by atoms with E-state index >= 15 is 0 Å². The van der Waals surface area contributed by atoms with Gasteiger partial charge in [-0.05, 0) is 110 Å². The molecule has 7 rings (SSSR count). The van der Waals surface area contributed by atoms with Gasteiger partial charge in [-0.3, -0.25) is 0 Å². The fourth-order valence-electron chi connectivity index (χ4n) is 10.8. The van der Waals surface area contributed by atoms with Crippen molar-refractivity contribution in [1.82, 2.24) is 0 Å². The zero-order valence-electron chi connectivity index (χ0n) is 25.7. The Hall–Kier alpha value is -1.54. The molecule has 4 saturated carbocycles. The SMILES string of the molecule is CO[C@@H]1[C@@H](O)[C@H](OC2CC[C@@]3(C)C(CC[C@@H]4[C@H]3CC[C@]3(C)C(c5ccc6ccccc6c5)CC[C@@]43O)C2)O[C@H](C)[C@H]1O. The van der Waals surface area contributed by atoms with Crippen LogP contribution in [0.5, 0.6) is 0 Å². The lowest BCUT2D eigenvalue weighted by molar-refractivity contribution is -0.313. The molecule has 1 saturated heterocycles. The van der Waals surface area contributed by atoms with Crippen LogP contribution in [0.1, 0.15) is 90.0 Å². The molecule has 5 fully saturated rings. The average molecular weight is 579 g/mol. The molecule has 6 nitrogen and oxygen atoms in total. The zero-order valence-corrected chi connectivity index (χ0v) is 25.7. The van der Waals surface area contributed by atoms with Gasteiger partial charge in [-0.1, -0.05) is 56.3 Å². The minimum absolute atomic E-state index is 0.0138. The Balaban J connectivity index is 1.07. The number of methoxy groups -OCH3 is 1. The first-order valence-corrected chi connectivity index (χ1v) is 16.5. The molecule has 3 N–H and O–H groups in total. The van der Waals surface area contributed by atoms with Gasteiger partial charge in [0, 0.05) is 12.5 Å². The van der Waals surface area contributed by atoms with E-state index in [1.54, 1.807) is 6.92 Å². The van der Waals surface area contributed by atoms with Gasteiger partial charge in [0.15, 0.2) is 6.29 Å². The summed E-state index contributed by atoms with van der Waals surface area (Å²) >= 11 is 0. The van der Waals surface area contributed by atoms with Gasteiger partial charge in [-0.25, -0.2) is 0 Å². The van der Waals surface area contributed by atoms with Crippen LogP contribution >= 0.6 is 0 Å². The minimum atomic E-state index is -1.02. The number of fused-ring (bicyclic) bond motifs is 6. The Bertz CT molecular complexity index is 1300. The molecule has 230 valence electrons. The maximum absolute atomic E-state index is 12.7. The summed E-state index contributed by atoms with van der Waals surface area (Å²) in [6, 6.07) is 15.6. The molecule has 13 atom stereocenters. The van der Waals surface area contributed by atoms with Crippen molar-refractivity contribution in [3.05, 3.63) is 48.0 Å². The van der Waals surface area contributed by atoms with Crippen LogP contribution in [-0.2, 0) is 14.2 Å². The normalized spacial score (nSPS) is 48.8. The first-order valence-electron chi connectivity index (χ1n) is 16.5. The average Bonchev–Trinajstić information content (AvgIpc) is 3.27. The smallest absolute Gasteiger partial charge is 0.186 e. The van der Waals surface area contributed by atoms with Crippen LogP contribution in [-0.4, -0.2) is 64.8 Å². The van der Waals surface area contributed by atoms with Crippen LogP contribution in [0.2, 0.25) is 0 Å². The number of hydrogen-bond donors (Lipinski definition) is 3. The first kappa shape index (κ1) is 29.2.